The molecule has 8 heteroatoms. The Morgan fingerprint density at radius 2 is 2.27 bits per heavy atom. The van der Waals surface area contributed by atoms with Crippen LogP contribution < -0.4 is 11.1 Å². The van der Waals surface area contributed by atoms with Crippen molar-refractivity contribution in [1.29, 1.82) is 0 Å². The van der Waals surface area contributed by atoms with E-state index < -0.39 is 0 Å². The van der Waals surface area contributed by atoms with Gasteiger partial charge in [-0.15, -0.1) is 0 Å². The number of aromatic amines is 1. The van der Waals surface area contributed by atoms with Gasteiger partial charge in [-0.25, -0.2) is 4.98 Å². The topological polar surface area (TPSA) is 105 Å². The van der Waals surface area contributed by atoms with Crippen molar-refractivity contribution >= 4 is 22.6 Å². The number of nitrogens with zero attached hydrogens (tertiary/aromatic N) is 4. The van der Waals surface area contributed by atoms with Crippen molar-refractivity contribution < 1.29 is 4.79 Å². The molecule has 26 heavy (non-hydrogen) atoms. The Balaban J connectivity index is 1.60. The van der Waals surface area contributed by atoms with Crippen LogP contribution in [0, 0.1) is 0 Å². The Kier molecular flexibility index (Phi) is 4.21. The number of anilines is 1. The van der Waals surface area contributed by atoms with Gasteiger partial charge in [0.1, 0.15) is 5.82 Å². The Morgan fingerprint density at radius 1 is 1.42 bits per heavy atom. The van der Waals surface area contributed by atoms with Gasteiger partial charge in [-0.2, -0.15) is 5.10 Å². The molecule has 0 unspecified atom stereocenters. The van der Waals surface area contributed by atoms with Crippen LogP contribution in [-0.2, 0) is 26.1 Å². The summed E-state index contributed by atoms with van der Waals surface area (Å²) >= 11 is 0. The van der Waals surface area contributed by atoms with Gasteiger partial charge in [-0.05, 0) is 45.1 Å². The van der Waals surface area contributed by atoms with Crippen molar-refractivity contribution in [3.8, 4) is 0 Å². The molecule has 0 radical (unpaired) electrons. The van der Waals surface area contributed by atoms with E-state index in [9.17, 15) is 4.79 Å². The quantitative estimate of drug-likeness (QED) is 0.644. The smallest absolute Gasteiger partial charge is 0.259 e. The zero-order valence-corrected chi connectivity index (χ0v) is 15.0. The number of nitrogens with one attached hydrogen (secondary N) is 2. The number of nitrogens with two attached hydrogens (primary N) is 1. The fraction of sp³-hybridized carbons (Fsp3) is 0.389. The fourth-order valence-corrected chi connectivity index (χ4v) is 3.50. The lowest BCUT2D eigenvalue weighted by molar-refractivity contribution is 0.102. The highest BCUT2D eigenvalue weighted by Gasteiger charge is 2.25. The Hall–Kier alpha value is -2.71. The van der Waals surface area contributed by atoms with Crippen LogP contribution in [-0.4, -0.2) is 44.7 Å². The zero-order chi connectivity index (χ0) is 18.3. The highest BCUT2D eigenvalue weighted by atomic mass is 16.1. The van der Waals surface area contributed by atoms with E-state index in [1.807, 2.05) is 37.0 Å². The largest absolute Gasteiger partial charge is 0.341 e. The molecule has 2 aromatic heterocycles. The van der Waals surface area contributed by atoms with Gasteiger partial charge >= 0.3 is 0 Å². The van der Waals surface area contributed by atoms with E-state index in [-0.39, 0.29) is 12.5 Å². The van der Waals surface area contributed by atoms with Gasteiger partial charge in [-0.3, -0.25) is 9.48 Å². The van der Waals surface area contributed by atoms with E-state index in [4.69, 9.17) is 5.73 Å². The van der Waals surface area contributed by atoms with Crippen LogP contribution in [0.5, 0.6) is 0 Å². The van der Waals surface area contributed by atoms with Crippen molar-refractivity contribution in [1.82, 2.24) is 24.6 Å². The summed E-state index contributed by atoms with van der Waals surface area (Å²) in [7, 11) is 4.00. The molecular weight excluding hydrogens is 330 g/mol. The van der Waals surface area contributed by atoms with Crippen LogP contribution in [0.1, 0.15) is 34.0 Å². The third-order valence-electron chi connectivity index (χ3n) is 4.59. The van der Waals surface area contributed by atoms with Crippen LogP contribution in [0.3, 0.4) is 0 Å². The summed E-state index contributed by atoms with van der Waals surface area (Å²) in [6, 6.07) is 5.69. The number of fused-ring (bicyclic) bond motifs is 2. The maximum atomic E-state index is 12.8. The minimum atomic E-state index is -0.152. The summed E-state index contributed by atoms with van der Waals surface area (Å²) in [4.78, 5) is 22.8. The van der Waals surface area contributed by atoms with Gasteiger partial charge in [0.15, 0.2) is 0 Å². The van der Waals surface area contributed by atoms with Crippen LogP contribution in [0.25, 0.3) is 11.0 Å². The zero-order valence-electron chi connectivity index (χ0n) is 15.0. The number of amides is 1. The molecule has 0 bridgehead atoms. The van der Waals surface area contributed by atoms with Gasteiger partial charge in [0.25, 0.3) is 5.91 Å². The van der Waals surface area contributed by atoms with E-state index in [0.717, 1.165) is 54.2 Å². The molecule has 1 amide bonds. The second-order valence-electron chi connectivity index (χ2n) is 6.91. The Bertz CT molecular complexity index is 969. The number of imidazole rings is 1. The lowest BCUT2D eigenvalue weighted by Gasteiger charge is -2.06. The molecule has 1 aliphatic heterocycles. The molecule has 136 valence electrons. The summed E-state index contributed by atoms with van der Waals surface area (Å²) in [5, 5.41) is 7.45. The third kappa shape index (κ3) is 2.97. The number of hydrogen-bond acceptors (Lipinski definition) is 5. The molecule has 0 spiro atoms. The number of hydrogen-bond donors (Lipinski definition) is 3. The highest BCUT2D eigenvalue weighted by Crippen LogP contribution is 2.24. The molecule has 1 aromatic carbocycles. The average Bonchev–Trinajstić information content (AvgIpc) is 3.26. The number of aryl methyl sites for hydroxylation is 1. The molecule has 0 aliphatic carbocycles. The van der Waals surface area contributed by atoms with Crippen LogP contribution >= 0.6 is 0 Å². The SMILES string of the molecule is CN(C)Cc1nc2ccc(NC(=O)c3c(CN)nn4c3CCC4)cc2[nH]1. The molecule has 4 rings (SSSR count). The number of aromatic nitrogens is 4. The summed E-state index contributed by atoms with van der Waals surface area (Å²) in [5.74, 6) is 0.745. The maximum absolute atomic E-state index is 12.8. The number of benzene rings is 1. The van der Waals surface area contributed by atoms with E-state index in [2.05, 4.69) is 25.3 Å². The number of rotatable bonds is 5. The minimum absolute atomic E-state index is 0.152. The first kappa shape index (κ1) is 16.7. The molecule has 0 atom stereocenters. The van der Waals surface area contributed by atoms with Crippen LogP contribution in [0.15, 0.2) is 18.2 Å². The van der Waals surface area contributed by atoms with E-state index in [1.165, 1.54) is 0 Å². The maximum Gasteiger partial charge on any atom is 0.259 e. The molecule has 0 fully saturated rings. The first-order valence-corrected chi connectivity index (χ1v) is 8.78. The molecule has 3 aromatic rings. The molecule has 1 aliphatic rings. The first-order chi connectivity index (χ1) is 12.5. The van der Waals surface area contributed by atoms with Crippen molar-refractivity contribution in [2.24, 2.45) is 5.73 Å². The van der Waals surface area contributed by atoms with Gasteiger partial charge in [-0.1, -0.05) is 0 Å². The van der Waals surface area contributed by atoms with Crippen molar-refractivity contribution in [3.05, 3.63) is 41.0 Å². The highest BCUT2D eigenvalue weighted by molar-refractivity contribution is 6.06. The lowest BCUT2D eigenvalue weighted by atomic mass is 10.1. The summed E-state index contributed by atoms with van der Waals surface area (Å²) in [6.45, 7) is 1.85. The van der Waals surface area contributed by atoms with E-state index >= 15 is 0 Å². The van der Waals surface area contributed by atoms with Crippen molar-refractivity contribution in [3.63, 3.8) is 0 Å². The minimum Gasteiger partial charge on any atom is -0.341 e. The Labute approximate surface area is 151 Å². The van der Waals surface area contributed by atoms with Crippen molar-refractivity contribution in [2.75, 3.05) is 19.4 Å². The number of carbonyl (C=O) groups is 1. The van der Waals surface area contributed by atoms with E-state index in [1.54, 1.807) is 0 Å². The van der Waals surface area contributed by atoms with Crippen molar-refractivity contribution in [2.45, 2.75) is 32.5 Å². The summed E-state index contributed by atoms with van der Waals surface area (Å²) in [5.41, 5.74) is 10.6. The summed E-state index contributed by atoms with van der Waals surface area (Å²) in [6.07, 6.45) is 1.88. The van der Waals surface area contributed by atoms with Gasteiger partial charge in [0, 0.05) is 18.8 Å². The standard InChI is InChI=1S/C18H23N7O/c1-24(2)10-16-21-12-6-5-11(8-13(12)22-16)20-18(26)17-14(9-19)23-25-7-3-4-15(17)25/h5-6,8H,3-4,7,9-10,19H2,1-2H3,(H,20,26)(H,21,22). The first-order valence-electron chi connectivity index (χ1n) is 8.78. The molecule has 4 N–H and O–H groups in total. The predicted octanol–water partition coefficient (Wildman–Crippen LogP) is 1.48. The number of carbonyl (C=O) groups excluding carboxylic acids is 1. The van der Waals surface area contributed by atoms with Gasteiger partial charge < -0.3 is 20.9 Å². The van der Waals surface area contributed by atoms with Crippen LogP contribution in [0.4, 0.5) is 5.69 Å². The van der Waals surface area contributed by atoms with E-state index in [0.29, 0.717) is 11.3 Å². The lowest BCUT2D eigenvalue weighted by Crippen LogP contribution is -2.16. The molecule has 0 saturated carbocycles. The molecule has 8 nitrogen and oxygen atoms in total. The Morgan fingerprint density at radius 3 is 3.04 bits per heavy atom. The fourth-order valence-electron chi connectivity index (χ4n) is 3.50. The predicted molar refractivity (Wildman–Crippen MR) is 99.9 cm³/mol. The summed E-state index contributed by atoms with van der Waals surface area (Å²) < 4.78 is 1.91. The monoisotopic (exact) mass is 353 g/mol. The normalized spacial score (nSPS) is 13.5. The second kappa shape index (κ2) is 6.54. The molecule has 3 heterocycles. The average molecular weight is 353 g/mol. The van der Waals surface area contributed by atoms with Gasteiger partial charge in [0.2, 0.25) is 0 Å². The van der Waals surface area contributed by atoms with Crippen LogP contribution in [0.2, 0.25) is 0 Å². The second-order valence-corrected chi connectivity index (χ2v) is 6.91. The number of H-pyrrole nitrogens is 1. The molecular formula is C18H23N7O. The molecule has 0 saturated heterocycles. The van der Waals surface area contributed by atoms with Gasteiger partial charge in [0.05, 0.1) is 34.5 Å². The third-order valence-corrected chi connectivity index (χ3v) is 4.59.